The van der Waals surface area contributed by atoms with E-state index in [0.29, 0.717) is 9.92 Å². The van der Waals surface area contributed by atoms with Crippen molar-refractivity contribution >= 4 is 34.7 Å². The average Bonchev–Trinajstić information content (AvgIpc) is 3.56. The highest BCUT2D eigenvalue weighted by Gasteiger charge is 2.21. The van der Waals surface area contributed by atoms with Crippen LogP contribution in [0.15, 0.2) is 92.2 Å². The largest absolute Gasteiger partial charge is 0.858 e. The lowest BCUT2D eigenvalue weighted by Crippen LogP contribution is -2.17. The molecule has 32 heavy (non-hydrogen) atoms. The summed E-state index contributed by atoms with van der Waals surface area (Å²) in [4.78, 5) is 13.5. The molecular formula is C23H16ClN4O2S2-. The van der Waals surface area contributed by atoms with Crippen molar-refractivity contribution in [3.05, 3.63) is 104 Å². The summed E-state index contributed by atoms with van der Waals surface area (Å²) < 4.78 is 1.40. The van der Waals surface area contributed by atoms with Gasteiger partial charge in [-0.15, -0.1) is 0 Å². The second-order valence-corrected chi connectivity index (χ2v) is 9.27. The second-order valence-electron chi connectivity index (χ2n) is 7.03. The molecule has 3 heterocycles. The van der Waals surface area contributed by atoms with Gasteiger partial charge in [-0.3, -0.25) is 19.7 Å². The van der Waals surface area contributed by atoms with E-state index >= 15 is 0 Å². The lowest BCUT2D eigenvalue weighted by atomic mass is 9.99. The molecule has 1 atom stereocenters. The zero-order chi connectivity index (χ0) is 22.1. The fourth-order valence-corrected chi connectivity index (χ4v) is 5.30. The predicted octanol–water partition coefficient (Wildman–Crippen LogP) is 5.14. The molecule has 6 nitrogen and oxygen atoms in total. The molecule has 0 bridgehead atoms. The number of hydrogen-bond acceptors (Lipinski definition) is 5. The van der Waals surface area contributed by atoms with Gasteiger partial charge in [0.25, 0.3) is 5.56 Å². The standard InChI is InChI=1S/C23H17ClN4O2S2/c24-17-3-1-2-4-19(17)32-21-22(29)27-28(23(21)30)20(16-10-12-31-13-16)15-7-5-14(6-8-15)18-9-11-25-26-18/h1-13,20,30H,(H,25,26)(H,27,29)/p-1. The molecule has 0 aliphatic carbocycles. The van der Waals surface area contributed by atoms with Crippen molar-refractivity contribution in [1.82, 2.24) is 20.0 Å². The third-order valence-corrected chi connectivity index (χ3v) is 7.33. The van der Waals surface area contributed by atoms with E-state index in [1.54, 1.807) is 24.4 Å². The maximum absolute atomic E-state index is 13.3. The third kappa shape index (κ3) is 3.88. The number of nitrogens with one attached hydrogen (secondary N) is 2. The molecule has 0 saturated heterocycles. The quantitative estimate of drug-likeness (QED) is 0.352. The molecule has 160 valence electrons. The summed E-state index contributed by atoms with van der Waals surface area (Å²) in [7, 11) is 0. The zero-order valence-corrected chi connectivity index (χ0v) is 18.9. The molecule has 5 aromatic rings. The first-order valence-electron chi connectivity index (χ1n) is 9.67. The Balaban J connectivity index is 1.57. The number of nitrogens with zero attached hydrogens (tertiary/aromatic N) is 2. The van der Waals surface area contributed by atoms with E-state index in [4.69, 9.17) is 11.6 Å². The van der Waals surface area contributed by atoms with E-state index in [-0.39, 0.29) is 10.8 Å². The van der Waals surface area contributed by atoms with E-state index in [9.17, 15) is 9.90 Å². The van der Waals surface area contributed by atoms with Crippen molar-refractivity contribution in [1.29, 1.82) is 0 Å². The summed E-state index contributed by atoms with van der Waals surface area (Å²) in [6.07, 6.45) is 1.70. The van der Waals surface area contributed by atoms with Crippen LogP contribution < -0.4 is 10.7 Å². The highest BCUT2D eigenvalue weighted by molar-refractivity contribution is 7.99. The molecular weight excluding hydrogens is 464 g/mol. The maximum atomic E-state index is 13.3. The van der Waals surface area contributed by atoms with Gasteiger partial charge >= 0.3 is 0 Å². The summed E-state index contributed by atoms with van der Waals surface area (Å²) in [5.74, 6) is -0.381. The SMILES string of the molecule is O=c1[nH]n(C(c2ccc(-c3ccn[nH]3)cc2)c2ccsc2)c([O-])c1Sc1ccccc1Cl. The lowest BCUT2D eigenvalue weighted by Gasteiger charge is -2.23. The van der Waals surface area contributed by atoms with Crippen molar-refractivity contribution in [3.63, 3.8) is 0 Å². The molecule has 0 spiro atoms. The third-order valence-electron chi connectivity index (χ3n) is 5.05. The van der Waals surface area contributed by atoms with Crippen LogP contribution in [0.25, 0.3) is 11.3 Å². The fourth-order valence-electron chi connectivity index (χ4n) is 3.51. The smallest absolute Gasteiger partial charge is 0.277 e. The molecule has 0 saturated carbocycles. The molecule has 0 radical (unpaired) electrons. The van der Waals surface area contributed by atoms with Gasteiger partial charge in [0.2, 0.25) is 0 Å². The van der Waals surface area contributed by atoms with Gasteiger partial charge in [0.1, 0.15) is 0 Å². The van der Waals surface area contributed by atoms with Crippen LogP contribution in [0.5, 0.6) is 5.88 Å². The lowest BCUT2D eigenvalue weighted by molar-refractivity contribution is -0.284. The van der Waals surface area contributed by atoms with Gasteiger partial charge in [-0.05, 0) is 51.7 Å². The Morgan fingerprint density at radius 2 is 1.88 bits per heavy atom. The molecule has 1 unspecified atom stereocenters. The molecule has 0 aliphatic heterocycles. The number of aromatic nitrogens is 4. The number of aromatic amines is 2. The van der Waals surface area contributed by atoms with Crippen molar-refractivity contribution in [2.45, 2.75) is 15.8 Å². The zero-order valence-electron chi connectivity index (χ0n) is 16.5. The van der Waals surface area contributed by atoms with Crippen molar-refractivity contribution in [3.8, 4) is 17.1 Å². The molecule has 0 aliphatic rings. The Hall–Kier alpha value is -3.20. The molecule has 2 N–H and O–H groups in total. The maximum Gasteiger partial charge on any atom is 0.277 e. The number of benzene rings is 2. The molecule has 0 amide bonds. The number of hydrogen-bond donors (Lipinski definition) is 2. The van der Waals surface area contributed by atoms with E-state index in [1.807, 2.05) is 53.2 Å². The topological polar surface area (TPSA) is 89.5 Å². The predicted molar refractivity (Wildman–Crippen MR) is 126 cm³/mol. The number of thiophene rings is 1. The summed E-state index contributed by atoms with van der Waals surface area (Å²) in [6, 6.07) is 18.4. The first-order chi connectivity index (χ1) is 15.6. The molecule has 0 fully saturated rings. The first kappa shape index (κ1) is 20.7. The van der Waals surface area contributed by atoms with E-state index in [2.05, 4.69) is 15.3 Å². The molecule has 5 rings (SSSR count). The fraction of sp³-hybridized carbons (Fsp3) is 0.0435. The highest BCUT2D eigenvalue weighted by atomic mass is 35.5. The van der Waals surface area contributed by atoms with Gasteiger partial charge < -0.3 is 5.11 Å². The minimum absolute atomic E-state index is 0.0902. The minimum atomic E-state index is -0.460. The summed E-state index contributed by atoms with van der Waals surface area (Å²) >= 11 is 8.85. The summed E-state index contributed by atoms with van der Waals surface area (Å²) in [5, 5.41) is 27.4. The Kier molecular flexibility index (Phi) is 5.65. The summed E-state index contributed by atoms with van der Waals surface area (Å²) in [5.41, 5.74) is 3.25. The molecule has 2 aromatic carbocycles. The van der Waals surface area contributed by atoms with Gasteiger partial charge in [0.15, 0.2) is 0 Å². The number of rotatable bonds is 6. The molecule has 3 aromatic heterocycles. The van der Waals surface area contributed by atoms with Crippen LogP contribution in [0.2, 0.25) is 5.02 Å². The van der Waals surface area contributed by atoms with Crippen molar-refractivity contribution < 1.29 is 5.11 Å². The van der Waals surface area contributed by atoms with Crippen LogP contribution >= 0.6 is 34.7 Å². The summed E-state index contributed by atoms with van der Waals surface area (Å²) in [6.45, 7) is 0. The Labute approximate surface area is 196 Å². The highest BCUT2D eigenvalue weighted by Crippen LogP contribution is 2.38. The van der Waals surface area contributed by atoms with Crippen LogP contribution in [-0.4, -0.2) is 20.0 Å². The number of H-pyrrole nitrogens is 2. The Morgan fingerprint density at radius 3 is 2.56 bits per heavy atom. The number of halogens is 1. The Morgan fingerprint density at radius 1 is 1.06 bits per heavy atom. The van der Waals surface area contributed by atoms with Gasteiger partial charge in [0.05, 0.1) is 21.7 Å². The first-order valence-corrected chi connectivity index (χ1v) is 11.8. The van der Waals surface area contributed by atoms with E-state index < -0.39 is 11.6 Å². The van der Waals surface area contributed by atoms with Crippen molar-refractivity contribution in [2.24, 2.45) is 0 Å². The average molecular weight is 480 g/mol. The van der Waals surface area contributed by atoms with Crippen LogP contribution in [0, 0.1) is 0 Å². The molecule has 9 heteroatoms. The normalized spacial score (nSPS) is 12.2. The van der Waals surface area contributed by atoms with Gasteiger partial charge in [-0.1, -0.05) is 59.8 Å². The van der Waals surface area contributed by atoms with Crippen molar-refractivity contribution in [2.75, 3.05) is 0 Å². The van der Waals surface area contributed by atoms with Crippen LogP contribution in [0.1, 0.15) is 17.2 Å². The minimum Gasteiger partial charge on any atom is -0.858 e. The monoisotopic (exact) mass is 479 g/mol. The van der Waals surface area contributed by atoms with Gasteiger partial charge in [-0.2, -0.15) is 16.4 Å². The van der Waals surface area contributed by atoms with Crippen LogP contribution in [0.3, 0.4) is 0 Å². The van der Waals surface area contributed by atoms with E-state index in [1.165, 1.54) is 16.0 Å². The van der Waals surface area contributed by atoms with Gasteiger partial charge in [0, 0.05) is 17.0 Å². The van der Waals surface area contributed by atoms with Crippen LogP contribution in [-0.2, 0) is 0 Å². The van der Waals surface area contributed by atoms with Crippen LogP contribution in [0.4, 0.5) is 0 Å². The van der Waals surface area contributed by atoms with E-state index in [0.717, 1.165) is 34.1 Å². The van der Waals surface area contributed by atoms with Gasteiger partial charge in [-0.25, -0.2) is 0 Å². The Bertz CT molecular complexity index is 1390. The second kappa shape index (κ2) is 8.74.